The van der Waals surface area contributed by atoms with Crippen molar-refractivity contribution in [1.29, 1.82) is 0 Å². The summed E-state index contributed by atoms with van der Waals surface area (Å²) in [5.41, 5.74) is 2.22. The Morgan fingerprint density at radius 1 is 1.15 bits per heavy atom. The van der Waals surface area contributed by atoms with Crippen LogP contribution in [0.4, 0.5) is 5.69 Å². The third-order valence-electron chi connectivity index (χ3n) is 2.71. The van der Waals surface area contributed by atoms with Gasteiger partial charge in [0, 0.05) is 21.7 Å². The van der Waals surface area contributed by atoms with Crippen molar-refractivity contribution in [2.45, 2.75) is 26.5 Å². The molecule has 0 spiro atoms. The number of hydrogen-bond acceptors (Lipinski definition) is 2. The Balaban J connectivity index is 1.96. The Labute approximate surface area is 133 Å². The molecule has 0 unspecified atom stereocenters. The van der Waals surface area contributed by atoms with Gasteiger partial charge in [0.1, 0.15) is 5.75 Å². The molecule has 0 aliphatic heterocycles. The normalized spacial score (nSPS) is 10.7. The fourth-order valence-corrected chi connectivity index (χ4v) is 2.61. The summed E-state index contributed by atoms with van der Waals surface area (Å²) < 4.78 is 6.58. The molecule has 0 fully saturated rings. The van der Waals surface area contributed by atoms with E-state index in [4.69, 9.17) is 16.3 Å². The second kappa shape index (κ2) is 7.00. The molecule has 20 heavy (non-hydrogen) atoms. The zero-order chi connectivity index (χ0) is 14.5. The first-order valence-electron chi connectivity index (χ1n) is 6.49. The minimum absolute atomic E-state index is 0.198. The number of nitrogens with one attached hydrogen (secondary N) is 1. The van der Waals surface area contributed by atoms with Crippen LogP contribution in [0, 0.1) is 0 Å². The molecule has 4 heteroatoms. The summed E-state index contributed by atoms with van der Waals surface area (Å²) in [4.78, 5) is 0. The molecule has 0 bridgehead atoms. The summed E-state index contributed by atoms with van der Waals surface area (Å²) in [6.07, 6.45) is 0.198. The fourth-order valence-electron chi connectivity index (χ4n) is 1.79. The van der Waals surface area contributed by atoms with E-state index in [-0.39, 0.29) is 6.10 Å². The van der Waals surface area contributed by atoms with Crippen molar-refractivity contribution >= 4 is 33.2 Å². The summed E-state index contributed by atoms with van der Waals surface area (Å²) in [5.74, 6) is 0.899. The Bertz CT molecular complexity index is 569. The van der Waals surface area contributed by atoms with Crippen LogP contribution in [-0.4, -0.2) is 6.10 Å². The minimum atomic E-state index is 0.198. The highest BCUT2D eigenvalue weighted by Gasteiger charge is 2.01. The molecule has 0 saturated carbocycles. The number of rotatable bonds is 5. The van der Waals surface area contributed by atoms with E-state index in [9.17, 15) is 0 Å². The predicted molar refractivity (Wildman–Crippen MR) is 88.7 cm³/mol. The van der Waals surface area contributed by atoms with E-state index in [1.54, 1.807) is 0 Å². The molecular formula is C16H17BrClNO. The quantitative estimate of drug-likeness (QED) is 0.765. The van der Waals surface area contributed by atoms with Crippen LogP contribution in [0.3, 0.4) is 0 Å². The predicted octanol–water partition coefficient (Wildman–Crippen LogP) is 5.50. The molecule has 0 aliphatic carbocycles. The maximum absolute atomic E-state index is 5.92. The molecular weight excluding hydrogens is 338 g/mol. The zero-order valence-electron chi connectivity index (χ0n) is 11.5. The van der Waals surface area contributed by atoms with Gasteiger partial charge in [-0.2, -0.15) is 0 Å². The van der Waals surface area contributed by atoms with Crippen molar-refractivity contribution in [2.24, 2.45) is 0 Å². The fraction of sp³-hybridized carbons (Fsp3) is 0.250. The SMILES string of the molecule is CC(C)Oc1ccc(CNc2ccc(Cl)cc2Br)cc1. The third-order valence-corrected chi connectivity index (χ3v) is 3.60. The van der Waals surface area contributed by atoms with Crippen molar-refractivity contribution in [3.63, 3.8) is 0 Å². The summed E-state index contributed by atoms with van der Waals surface area (Å²) in [6, 6.07) is 13.8. The van der Waals surface area contributed by atoms with Gasteiger partial charge in [0.2, 0.25) is 0 Å². The van der Waals surface area contributed by atoms with Gasteiger partial charge in [-0.25, -0.2) is 0 Å². The second-order valence-electron chi connectivity index (χ2n) is 4.79. The van der Waals surface area contributed by atoms with Crippen molar-refractivity contribution in [2.75, 3.05) is 5.32 Å². The van der Waals surface area contributed by atoms with Gasteiger partial charge in [0.05, 0.1) is 6.10 Å². The van der Waals surface area contributed by atoms with Gasteiger partial charge in [-0.05, 0) is 65.7 Å². The van der Waals surface area contributed by atoms with Gasteiger partial charge in [-0.3, -0.25) is 0 Å². The van der Waals surface area contributed by atoms with Crippen LogP contribution < -0.4 is 10.1 Å². The molecule has 0 atom stereocenters. The molecule has 0 saturated heterocycles. The van der Waals surface area contributed by atoms with Crippen LogP contribution in [0.2, 0.25) is 5.02 Å². The number of benzene rings is 2. The smallest absolute Gasteiger partial charge is 0.119 e. The van der Waals surface area contributed by atoms with Crippen LogP contribution in [0.15, 0.2) is 46.9 Å². The molecule has 106 valence electrons. The molecule has 2 aromatic carbocycles. The van der Waals surface area contributed by atoms with Crippen molar-refractivity contribution in [3.8, 4) is 5.75 Å². The molecule has 2 nitrogen and oxygen atoms in total. The Morgan fingerprint density at radius 2 is 1.85 bits per heavy atom. The first-order valence-corrected chi connectivity index (χ1v) is 7.66. The lowest BCUT2D eigenvalue weighted by Crippen LogP contribution is -2.05. The molecule has 0 heterocycles. The number of halogens is 2. The average Bonchev–Trinajstić information content (AvgIpc) is 2.39. The largest absolute Gasteiger partial charge is 0.491 e. The lowest BCUT2D eigenvalue weighted by Gasteiger charge is -2.11. The summed E-state index contributed by atoms with van der Waals surface area (Å²) in [7, 11) is 0. The highest BCUT2D eigenvalue weighted by Crippen LogP contribution is 2.26. The first kappa shape index (κ1) is 15.2. The average molecular weight is 355 g/mol. The molecule has 0 aliphatic rings. The van der Waals surface area contributed by atoms with Gasteiger partial charge in [0.15, 0.2) is 0 Å². The summed E-state index contributed by atoms with van der Waals surface area (Å²) >= 11 is 9.41. The van der Waals surface area contributed by atoms with Gasteiger partial charge in [-0.15, -0.1) is 0 Å². The van der Waals surface area contributed by atoms with E-state index in [0.29, 0.717) is 0 Å². The van der Waals surface area contributed by atoms with E-state index < -0.39 is 0 Å². The van der Waals surface area contributed by atoms with Crippen molar-refractivity contribution < 1.29 is 4.74 Å². The standard InChI is InChI=1S/C16H17BrClNO/c1-11(2)20-14-6-3-12(4-7-14)10-19-16-8-5-13(18)9-15(16)17/h3-9,11,19H,10H2,1-2H3. The minimum Gasteiger partial charge on any atom is -0.491 e. The van der Waals surface area contributed by atoms with Gasteiger partial charge < -0.3 is 10.1 Å². The molecule has 1 N–H and O–H groups in total. The second-order valence-corrected chi connectivity index (χ2v) is 6.08. The maximum Gasteiger partial charge on any atom is 0.119 e. The van der Waals surface area contributed by atoms with Crippen LogP contribution in [-0.2, 0) is 6.54 Å². The van der Waals surface area contributed by atoms with E-state index in [0.717, 1.165) is 27.5 Å². The number of hydrogen-bond donors (Lipinski definition) is 1. The van der Waals surface area contributed by atoms with Crippen molar-refractivity contribution in [1.82, 2.24) is 0 Å². The molecule has 2 aromatic rings. The highest BCUT2D eigenvalue weighted by atomic mass is 79.9. The lowest BCUT2D eigenvalue weighted by atomic mass is 10.2. The van der Waals surface area contributed by atoms with Crippen LogP contribution in [0.5, 0.6) is 5.75 Å². The van der Waals surface area contributed by atoms with Gasteiger partial charge in [-0.1, -0.05) is 23.7 Å². The topological polar surface area (TPSA) is 21.3 Å². The first-order chi connectivity index (χ1) is 9.54. The van der Waals surface area contributed by atoms with E-state index in [1.807, 2.05) is 44.2 Å². The van der Waals surface area contributed by atoms with Gasteiger partial charge in [0.25, 0.3) is 0 Å². The summed E-state index contributed by atoms with van der Waals surface area (Å²) in [5, 5.41) is 4.09. The Morgan fingerprint density at radius 3 is 2.45 bits per heavy atom. The molecule has 2 rings (SSSR count). The van der Waals surface area contributed by atoms with Gasteiger partial charge >= 0.3 is 0 Å². The third kappa shape index (κ3) is 4.43. The monoisotopic (exact) mass is 353 g/mol. The van der Waals surface area contributed by atoms with E-state index >= 15 is 0 Å². The molecule has 0 radical (unpaired) electrons. The maximum atomic E-state index is 5.92. The Hall–Kier alpha value is -1.19. The van der Waals surface area contributed by atoms with Crippen LogP contribution >= 0.6 is 27.5 Å². The zero-order valence-corrected chi connectivity index (χ0v) is 13.8. The van der Waals surface area contributed by atoms with Crippen LogP contribution in [0.25, 0.3) is 0 Å². The van der Waals surface area contributed by atoms with E-state index in [2.05, 4.69) is 33.4 Å². The Kier molecular flexibility index (Phi) is 5.32. The summed E-state index contributed by atoms with van der Waals surface area (Å²) in [6.45, 7) is 4.79. The van der Waals surface area contributed by atoms with E-state index in [1.165, 1.54) is 5.56 Å². The van der Waals surface area contributed by atoms with Crippen LogP contribution in [0.1, 0.15) is 19.4 Å². The number of anilines is 1. The molecule has 0 amide bonds. The lowest BCUT2D eigenvalue weighted by molar-refractivity contribution is 0.242. The number of ether oxygens (including phenoxy) is 1. The highest BCUT2D eigenvalue weighted by molar-refractivity contribution is 9.10. The van der Waals surface area contributed by atoms with Crippen molar-refractivity contribution in [3.05, 3.63) is 57.5 Å². The molecule has 0 aromatic heterocycles.